The van der Waals surface area contributed by atoms with E-state index in [0.29, 0.717) is 5.39 Å². The molecule has 0 aliphatic rings. The van der Waals surface area contributed by atoms with Gasteiger partial charge in [-0.2, -0.15) is 14.0 Å². The van der Waals surface area contributed by atoms with Gasteiger partial charge in [0.1, 0.15) is 5.75 Å². The quantitative estimate of drug-likeness (QED) is 0.812. The molecule has 2 aromatic rings. The van der Waals surface area contributed by atoms with Gasteiger partial charge in [-0.3, -0.25) is 0 Å². The number of alkyl halides is 2. The fourth-order valence-corrected chi connectivity index (χ4v) is 1.78. The highest BCUT2D eigenvalue weighted by Gasteiger charge is 2.09. The second-order valence-corrected chi connectivity index (χ2v) is 3.48. The Balaban J connectivity index is 2.58. The summed E-state index contributed by atoms with van der Waals surface area (Å²) in [5.41, 5.74) is 0.810. The van der Waals surface area contributed by atoms with Gasteiger partial charge in [-0.1, -0.05) is 30.3 Å². The monoisotopic (exact) mass is 233 g/mol. The van der Waals surface area contributed by atoms with Crippen LogP contribution < -0.4 is 4.74 Å². The number of nitrogens with zero attached hydrogens (tertiary/aromatic N) is 1. The van der Waals surface area contributed by atoms with E-state index in [-0.39, 0.29) is 12.2 Å². The zero-order valence-corrected chi connectivity index (χ0v) is 8.86. The van der Waals surface area contributed by atoms with Crippen molar-refractivity contribution in [1.82, 2.24) is 0 Å². The summed E-state index contributed by atoms with van der Waals surface area (Å²) in [6.07, 6.45) is 0.246. The molecule has 0 aliphatic carbocycles. The zero-order chi connectivity index (χ0) is 12.3. The molecule has 0 aromatic heterocycles. The zero-order valence-electron chi connectivity index (χ0n) is 8.86. The number of hydrogen-bond donors (Lipinski definition) is 0. The number of benzene rings is 2. The van der Waals surface area contributed by atoms with E-state index in [4.69, 9.17) is 5.26 Å². The predicted octanol–water partition coefficient (Wildman–Crippen LogP) is 3.51. The first-order valence-corrected chi connectivity index (χ1v) is 5.05. The van der Waals surface area contributed by atoms with Crippen LogP contribution in [0, 0.1) is 11.3 Å². The van der Waals surface area contributed by atoms with Crippen LogP contribution in [0.3, 0.4) is 0 Å². The van der Waals surface area contributed by atoms with Gasteiger partial charge in [-0.05, 0) is 17.0 Å². The van der Waals surface area contributed by atoms with E-state index >= 15 is 0 Å². The van der Waals surface area contributed by atoms with Gasteiger partial charge in [0.2, 0.25) is 0 Å². The maximum absolute atomic E-state index is 12.2. The number of fused-ring (bicyclic) bond motifs is 1. The van der Waals surface area contributed by atoms with Crippen molar-refractivity contribution >= 4 is 10.8 Å². The molecule has 4 heteroatoms. The van der Waals surface area contributed by atoms with Crippen molar-refractivity contribution in [3.8, 4) is 11.8 Å². The highest BCUT2D eigenvalue weighted by Crippen LogP contribution is 2.29. The van der Waals surface area contributed by atoms with E-state index in [0.717, 1.165) is 10.9 Å². The smallest absolute Gasteiger partial charge is 0.387 e. The molecular formula is C13H9F2NO. The van der Waals surface area contributed by atoms with Crippen LogP contribution in [0.15, 0.2) is 36.4 Å². The first-order chi connectivity index (χ1) is 8.22. The minimum absolute atomic E-state index is 0.136. The molecule has 0 unspecified atom stereocenters. The molecule has 0 heterocycles. The number of nitriles is 1. The van der Waals surface area contributed by atoms with Crippen LogP contribution in [-0.4, -0.2) is 6.61 Å². The summed E-state index contributed by atoms with van der Waals surface area (Å²) in [6.45, 7) is -2.85. The van der Waals surface area contributed by atoms with E-state index < -0.39 is 6.61 Å². The number of ether oxygens (including phenoxy) is 1. The van der Waals surface area contributed by atoms with E-state index in [2.05, 4.69) is 4.74 Å². The van der Waals surface area contributed by atoms with Crippen LogP contribution in [0.4, 0.5) is 8.78 Å². The van der Waals surface area contributed by atoms with Crippen LogP contribution in [-0.2, 0) is 6.42 Å². The molecule has 0 saturated carbocycles. The summed E-state index contributed by atoms with van der Waals surface area (Å²) in [7, 11) is 0. The lowest BCUT2D eigenvalue weighted by atomic mass is 10.0. The van der Waals surface area contributed by atoms with Gasteiger partial charge in [-0.25, -0.2) is 0 Å². The first kappa shape index (κ1) is 11.3. The molecular weight excluding hydrogens is 224 g/mol. The fourth-order valence-electron chi connectivity index (χ4n) is 1.78. The molecule has 0 fully saturated rings. The first-order valence-electron chi connectivity index (χ1n) is 5.05. The van der Waals surface area contributed by atoms with Gasteiger partial charge >= 0.3 is 6.61 Å². The van der Waals surface area contributed by atoms with E-state index in [1.807, 2.05) is 6.07 Å². The molecule has 86 valence electrons. The van der Waals surface area contributed by atoms with Crippen molar-refractivity contribution < 1.29 is 13.5 Å². The third-order valence-electron chi connectivity index (χ3n) is 2.46. The molecule has 2 aromatic carbocycles. The minimum Gasteiger partial charge on any atom is -0.434 e. The molecule has 2 rings (SSSR count). The minimum atomic E-state index is -2.85. The highest BCUT2D eigenvalue weighted by molar-refractivity contribution is 5.91. The van der Waals surface area contributed by atoms with Gasteiger partial charge in [0.05, 0.1) is 12.5 Å². The molecule has 0 N–H and O–H groups in total. The van der Waals surface area contributed by atoms with Crippen LogP contribution in [0.5, 0.6) is 5.75 Å². The number of rotatable bonds is 3. The molecule has 0 atom stereocenters. The van der Waals surface area contributed by atoms with Crippen LogP contribution >= 0.6 is 0 Å². The maximum atomic E-state index is 12.2. The van der Waals surface area contributed by atoms with Crippen molar-refractivity contribution in [3.63, 3.8) is 0 Å². The Bertz CT molecular complexity index is 575. The second kappa shape index (κ2) is 4.79. The Morgan fingerprint density at radius 1 is 1.12 bits per heavy atom. The molecule has 2 nitrogen and oxygen atoms in total. The molecule has 17 heavy (non-hydrogen) atoms. The Kier molecular flexibility index (Phi) is 3.20. The van der Waals surface area contributed by atoms with Crippen molar-refractivity contribution in [2.75, 3.05) is 0 Å². The maximum Gasteiger partial charge on any atom is 0.387 e. The van der Waals surface area contributed by atoms with Crippen molar-refractivity contribution in [2.45, 2.75) is 13.0 Å². The summed E-state index contributed by atoms with van der Waals surface area (Å²) < 4.78 is 28.9. The predicted molar refractivity (Wildman–Crippen MR) is 59.9 cm³/mol. The summed E-state index contributed by atoms with van der Waals surface area (Å²) in [5, 5.41) is 10.1. The molecule has 0 aliphatic heterocycles. The lowest BCUT2D eigenvalue weighted by molar-refractivity contribution is -0.0487. The summed E-state index contributed by atoms with van der Waals surface area (Å²) in [4.78, 5) is 0. The summed E-state index contributed by atoms with van der Waals surface area (Å²) in [6, 6.07) is 12.2. The molecule has 0 amide bonds. The van der Waals surface area contributed by atoms with Gasteiger partial charge < -0.3 is 4.74 Å². The van der Waals surface area contributed by atoms with Crippen LogP contribution in [0.2, 0.25) is 0 Å². The van der Waals surface area contributed by atoms with Gasteiger partial charge in [-0.15, -0.1) is 0 Å². The lowest BCUT2D eigenvalue weighted by Crippen LogP contribution is -2.02. The Labute approximate surface area is 97.0 Å². The largest absolute Gasteiger partial charge is 0.434 e. The Morgan fingerprint density at radius 2 is 1.82 bits per heavy atom. The van der Waals surface area contributed by atoms with Crippen molar-refractivity contribution in [2.24, 2.45) is 0 Å². The number of hydrogen-bond acceptors (Lipinski definition) is 2. The molecule has 0 radical (unpaired) electrons. The van der Waals surface area contributed by atoms with Crippen LogP contribution in [0.1, 0.15) is 5.56 Å². The van der Waals surface area contributed by atoms with E-state index in [9.17, 15) is 8.78 Å². The molecule has 0 bridgehead atoms. The second-order valence-electron chi connectivity index (χ2n) is 3.48. The Morgan fingerprint density at radius 3 is 2.53 bits per heavy atom. The molecule has 0 spiro atoms. The van der Waals surface area contributed by atoms with Gasteiger partial charge in [0.15, 0.2) is 0 Å². The number of halogens is 2. The average Bonchev–Trinajstić information content (AvgIpc) is 2.30. The normalized spacial score (nSPS) is 10.5. The topological polar surface area (TPSA) is 33.0 Å². The van der Waals surface area contributed by atoms with Crippen molar-refractivity contribution in [1.29, 1.82) is 5.26 Å². The van der Waals surface area contributed by atoms with Gasteiger partial charge in [0, 0.05) is 5.39 Å². The average molecular weight is 233 g/mol. The summed E-state index contributed by atoms with van der Waals surface area (Å²) in [5.74, 6) is 0.136. The van der Waals surface area contributed by atoms with E-state index in [1.165, 1.54) is 6.07 Å². The third-order valence-corrected chi connectivity index (χ3v) is 2.46. The van der Waals surface area contributed by atoms with Crippen molar-refractivity contribution in [3.05, 3.63) is 42.0 Å². The summed E-state index contributed by atoms with van der Waals surface area (Å²) >= 11 is 0. The van der Waals surface area contributed by atoms with Gasteiger partial charge in [0.25, 0.3) is 0 Å². The fraction of sp³-hybridized carbons (Fsp3) is 0.154. The highest BCUT2D eigenvalue weighted by atomic mass is 19.3. The third kappa shape index (κ3) is 2.34. The lowest BCUT2D eigenvalue weighted by Gasteiger charge is -2.09. The Hall–Kier alpha value is -2.15. The molecule has 0 saturated heterocycles. The van der Waals surface area contributed by atoms with Crippen LogP contribution in [0.25, 0.3) is 10.8 Å². The SMILES string of the molecule is N#CCc1cccc2c(OC(F)F)cccc12. The standard InChI is InChI=1S/C13H9F2NO/c14-13(15)17-12-6-2-4-10-9(7-8-16)3-1-5-11(10)12/h1-6,13H,7H2. The van der Waals surface area contributed by atoms with E-state index in [1.54, 1.807) is 30.3 Å².